The summed E-state index contributed by atoms with van der Waals surface area (Å²) in [5, 5.41) is 0. The van der Waals surface area contributed by atoms with Gasteiger partial charge in [-0.25, -0.2) is 21.1 Å². The summed E-state index contributed by atoms with van der Waals surface area (Å²) >= 11 is 0. The minimum Gasteiger partial charge on any atom is -0.334 e. The third kappa shape index (κ3) is 3.22. The lowest BCUT2D eigenvalue weighted by atomic mass is 10.1. The Labute approximate surface area is 164 Å². The zero-order valence-corrected chi connectivity index (χ0v) is 16.9. The van der Waals surface area contributed by atoms with Gasteiger partial charge in [0.1, 0.15) is 11.4 Å². The van der Waals surface area contributed by atoms with Gasteiger partial charge in [-0.15, -0.1) is 0 Å². The van der Waals surface area contributed by atoms with Crippen molar-refractivity contribution in [3.63, 3.8) is 0 Å². The first kappa shape index (κ1) is 19.4. The molecule has 10 heteroatoms. The minimum absolute atomic E-state index is 0.0283. The van der Waals surface area contributed by atoms with Crippen molar-refractivity contribution in [1.82, 2.24) is 9.21 Å². The molecular weight excluding hydrogens is 404 g/mol. The average molecular weight is 427 g/mol. The standard InChI is InChI=1S/C18H22N2O6S2/c21-17(11-19-18(22)15-7-3-4-8-16(15)28(19,25)26)20(13-5-1-2-6-13)14-9-10-27(23,24)12-14/h3-4,7-8,13-14H,1-2,5-6,9-12H2. The third-order valence-corrected chi connectivity index (χ3v) is 9.34. The number of nitrogens with zero attached hydrogens (tertiary/aromatic N) is 2. The van der Waals surface area contributed by atoms with Crippen molar-refractivity contribution in [2.24, 2.45) is 0 Å². The Morgan fingerprint density at radius 3 is 2.32 bits per heavy atom. The second-order valence-corrected chi connectivity index (χ2v) is 11.7. The Morgan fingerprint density at radius 2 is 1.71 bits per heavy atom. The number of hydrogen-bond acceptors (Lipinski definition) is 6. The van der Waals surface area contributed by atoms with Crippen molar-refractivity contribution < 1.29 is 26.4 Å². The fourth-order valence-electron chi connectivity index (χ4n) is 4.47. The lowest BCUT2D eigenvalue weighted by Crippen LogP contribution is -2.51. The van der Waals surface area contributed by atoms with Crippen molar-refractivity contribution in [3.05, 3.63) is 29.8 Å². The smallest absolute Gasteiger partial charge is 0.269 e. The van der Waals surface area contributed by atoms with Crippen LogP contribution in [0, 0.1) is 0 Å². The van der Waals surface area contributed by atoms with Crippen molar-refractivity contribution >= 4 is 31.7 Å². The molecular formula is C18H22N2O6S2. The lowest BCUT2D eigenvalue weighted by molar-refractivity contribution is -0.135. The van der Waals surface area contributed by atoms with Crippen LogP contribution in [0.1, 0.15) is 42.5 Å². The van der Waals surface area contributed by atoms with E-state index >= 15 is 0 Å². The van der Waals surface area contributed by atoms with Crippen LogP contribution in [0.5, 0.6) is 0 Å². The zero-order valence-electron chi connectivity index (χ0n) is 15.3. The van der Waals surface area contributed by atoms with Gasteiger partial charge < -0.3 is 4.90 Å². The van der Waals surface area contributed by atoms with Crippen LogP contribution in [0.2, 0.25) is 0 Å². The molecule has 0 bridgehead atoms. The number of fused-ring (bicyclic) bond motifs is 1. The molecule has 1 unspecified atom stereocenters. The summed E-state index contributed by atoms with van der Waals surface area (Å²) in [6.07, 6.45) is 3.78. The molecule has 2 heterocycles. The van der Waals surface area contributed by atoms with Crippen LogP contribution in [0.15, 0.2) is 29.2 Å². The van der Waals surface area contributed by atoms with Gasteiger partial charge in [0.05, 0.1) is 17.1 Å². The van der Waals surface area contributed by atoms with Crippen molar-refractivity contribution in [2.75, 3.05) is 18.1 Å². The van der Waals surface area contributed by atoms with Crippen LogP contribution in [-0.4, -0.2) is 68.0 Å². The maximum atomic E-state index is 13.1. The second kappa shape index (κ2) is 6.84. The normalized spacial score (nSPS) is 25.8. The van der Waals surface area contributed by atoms with Gasteiger partial charge in [0.25, 0.3) is 15.9 Å². The van der Waals surface area contributed by atoms with Gasteiger partial charge in [-0.05, 0) is 31.4 Å². The fraction of sp³-hybridized carbons (Fsp3) is 0.556. The van der Waals surface area contributed by atoms with Crippen LogP contribution in [0.3, 0.4) is 0 Å². The van der Waals surface area contributed by atoms with E-state index in [9.17, 15) is 26.4 Å². The molecule has 1 atom stereocenters. The summed E-state index contributed by atoms with van der Waals surface area (Å²) in [5.41, 5.74) is 0.0613. The van der Waals surface area contributed by atoms with E-state index in [1.54, 1.807) is 11.0 Å². The molecule has 1 saturated carbocycles. The lowest BCUT2D eigenvalue weighted by Gasteiger charge is -2.35. The molecule has 2 fully saturated rings. The predicted octanol–water partition coefficient (Wildman–Crippen LogP) is 0.789. The SMILES string of the molecule is O=C(CN1C(=O)c2ccccc2S1(=O)=O)N(C1CCCC1)C1CCS(=O)(=O)C1. The van der Waals surface area contributed by atoms with Gasteiger partial charge in [-0.2, -0.15) is 0 Å². The number of carbonyl (C=O) groups is 2. The Hall–Kier alpha value is -1.94. The first-order valence-electron chi connectivity index (χ1n) is 9.38. The molecule has 4 rings (SSSR count). The summed E-state index contributed by atoms with van der Waals surface area (Å²) in [6.45, 7) is -0.594. The molecule has 0 aromatic heterocycles. The van der Waals surface area contributed by atoms with Crippen LogP contribution in [0.4, 0.5) is 0 Å². The molecule has 0 radical (unpaired) electrons. The van der Waals surface area contributed by atoms with Crippen molar-refractivity contribution in [3.8, 4) is 0 Å². The summed E-state index contributed by atoms with van der Waals surface area (Å²) in [5.74, 6) is -1.29. The van der Waals surface area contributed by atoms with Crippen LogP contribution in [-0.2, 0) is 24.7 Å². The van der Waals surface area contributed by atoms with Gasteiger partial charge >= 0.3 is 0 Å². The summed E-state index contributed by atoms with van der Waals surface area (Å²) in [4.78, 5) is 27.2. The van der Waals surface area contributed by atoms with E-state index in [0.29, 0.717) is 10.7 Å². The molecule has 28 heavy (non-hydrogen) atoms. The number of rotatable bonds is 4. The number of sulfonamides is 1. The number of amides is 2. The molecule has 2 aliphatic heterocycles. The molecule has 8 nitrogen and oxygen atoms in total. The molecule has 152 valence electrons. The Bertz CT molecular complexity index is 1030. The van der Waals surface area contributed by atoms with Gasteiger partial charge in [-0.3, -0.25) is 9.59 Å². The molecule has 1 saturated heterocycles. The Morgan fingerprint density at radius 1 is 1.04 bits per heavy atom. The average Bonchev–Trinajstić information content (AvgIpc) is 3.32. The molecule has 2 amide bonds. The van der Waals surface area contributed by atoms with E-state index in [0.717, 1.165) is 25.7 Å². The minimum atomic E-state index is -4.08. The summed E-state index contributed by atoms with van der Waals surface area (Å²) < 4.78 is 50.0. The highest BCUT2D eigenvalue weighted by Gasteiger charge is 2.45. The maximum absolute atomic E-state index is 13.1. The number of carbonyl (C=O) groups excluding carboxylic acids is 2. The highest BCUT2D eigenvalue weighted by molar-refractivity contribution is 7.91. The molecule has 3 aliphatic rings. The van der Waals surface area contributed by atoms with Crippen molar-refractivity contribution in [1.29, 1.82) is 0 Å². The van der Waals surface area contributed by atoms with Gasteiger partial charge in [0.15, 0.2) is 9.84 Å². The van der Waals surface area contributed by atoms with E-state index in [1.807, 2.05) is 0 Å². The molecule has 0 spiro atoms. The zero-order chi connectivity index (χ0) is 20.1. The van der Waals surface area contributed by atoms with Crippen LogP contribution >= 0.6 is 0 Å². The first-order chi connectivity index (χ1) is 13.2. The fourth-order valence-corrected chi connectivity index (χ4v) is 7.70. The number of hydrogen-bond donors (Lipinski definition) is 0. The van der Waals surface area contributed by atoms with Crippen LogP contribution in [0.25, 0.3) is 0 Å². The molecule has 1 aromatic carbocycles. The summed E-state index contributed by atoms with van der Waals surface area (Å²) in [6, 6.07) is 5.33. The molecule has 1 aliphatic carbocycles. The van der Waals surface area contributed by atoms with E-state index in [2.05, 4.69) is 0 Å². The summed E-state index contributed by atoms with van der Waals surface area (Å²) in [7, 11) is -7.28. The van der Waals surface area contributed by atoms with E-state index in [4.69, 9.17) is 0 Å². The van der Waals surface area contributed by atoms with Crippen LogP contribution < -0.4 is 0 Å². The monoisotopic (exact) mass is 426 g/mol. The third-order valence-electron chi connectivity index (χ3n) is 5.80. The Kier molecular flexibility index (Phi) is 4.73. The first-order valence-corrected chi connectivity index (χ1v) is 12.6. The Balaban J connectivity index is 1.61. The number of benzene rings is 1. The quantitative estimate of drug-likeness (QED) is 0.704. The number of sulfone groups is 1. The van der Waals surface area contributed by atoms with Gasteiger partial charge in [-0.1, -0.05) is 25.0 Å². The highest BCUT2D eigenvalue weighted by atomic mass is 32.2. The van der Waals surface area contributed by atoms with Crippen molar-refractivity contribution in [2.45, 2.75) is 49.1 Å². The van der Waals surface area contributed by atoms with E-state index in [-0.39, 0.29) is 28.0 Å². The highest BCUT2D eigenvalue weighted by Crippen LogP contribution is 2.32. The molecule has 0 N–H and O–H groups in total. The largest absolute Gasteiger partial charge is 0.334 e. The van der Waals surface area contributed by atoms with Gasteiger partial charge in [0, 0.05) is 12.1 Å². The van der Waals surface area contributed by atoms with Gasteiger partial charge in [0.2, 0.25) is 5.91 Å². The molecule has 1 aromatic rings. The van der Waals surface area contributed by atoms with E-state index < -0.39 is 44.3 Å². The predicted molar refractivity (Wildman–Crippen MR) is 101 cm³/mol. The second-order valence-electron chi connectivity index (χ2n) is 7.61. The maximum Gasteiger partial charge on any atom is 0.269 e. The van der Waals surface area contributed by atoms with E-state index in [1.165, 1.54) is 18.2 Å². The topological polar surface area (TPSA) is 109 Å².